The van der Waals surface area contributed by atoms with Crippen LogP contribution >= 0.6 is 0 Å². The maximum absolute atomic E-state index is 13.5. The van der Waals surface area contributed by atoms with Gasteiger partial charge in [0.15, 0.2) is 0 Å². The van der Waals surface area contributed by atoms with Crippen molar-refractivity contribution in [2.75, 3.05) is 20.7 Å². The molecule has 0 saturated heterocycles. The third-order valence-electron chi connectivity index (χ3n) is 5.78. The predicted molar refractivity (Wildman–Crippen MR) is 116 cm³/mol. The second kappa shape index (κ2) is 9.27. The Morgan fingerprint density at radius 2 is 1.97 bits per heavy atom. The first-order valence-electron chi connectivity index (χ1n) is 10.2. The van der Waals surface area contributed by atoms with Gasteiger partial charge in [-0.1, -0.05) is 12.1 Å². The van der Waals surface area contributed by atoms with Crippen LogP contribution in [0.4, 0.5) is 4.39 Å². The molecule has 0 saturated carbocycles. The van der Waals surface area contributed by atoms with E-state index in [1.165, 1.54) is 18.2 Å². The minimum absolute atomic E-state index is 0.0710. The number of benzene rings is 2. The lowest BCUT2D eigenvalue weighted by molar-refractivity contribution is 0.263. The van der Waals surface area contributed by atoms with Gasteiger partial charge in [-0.05, 0) is 82.1 Å². The highest BCUT2D eigenvalue weighted by molar-refractivity contribution is 7.91. The van der Waals surface area contributed by atoms with Gasteiger partial charge in [0, 0.05) is 18.2 Å². The molecule has 2 aromatic carbocycles. The van der Waals surface area contributed by atoms with Crippen molar-refractivity contribution in [3.63, 3.8) is 0 Å². The molecule has 0 radical (unpaired) electrons. The molecule has 0 spiro atoms. The van der Waals surface area contributed by atoms with Crippen molar-refractivity contribution in [2.45, 2.75) is 54.4 Å². The molecular formula is C23H29FN2O3S. The second-order valence-corrected chi connectivity index (χ2v) is 10.1. The fraction of sp³-hybridized carbons (Fsp3) is 0.435. The first kappa shape index (κ1) is 22.4. The first-order chi connectivity index (χ1) is 14.2. The van der Waals surface area contributed by atoms with Crippen LogP contribution in [0.3, 0.4) is 0 Å². The Hall–Kier alpha value is -2.25. The van der Waals surface area contributed by atoms with Crippen molar-refractivity contribution in [3.8, 4) is 5.75 Å². The van der Waals surface area contributed by atoms with Gasteiger partial charge in [-0.2, -0.15) is 0 Å². The van der Waals surface area contributed by atoms with E-state index >= 15 is 0 Å². The van der Waals surface area contributed by atoms with Gasteiger partial charge in [0.25, 0.3) is 0 Å². The predicted octanol–water partition coefficient (Wildman–Crippen LogP) is 4.66. The summed E-state index contributed by atoms with van der Waals surface area (Å²) in [5.74, 6) is 0.211. The van der Waals surface area contributed by atoms with E-state index in [9.17, 15) is 12.8 Å². The molecule has 1 aliphatic rings. The summed E-state index contributed by atoms with van der Waals surface area (Å²) in [6, 6.07) is 10.3. The largest absolute Gasteiger partial charge is 0.493 e. The molecule has 162 valence electrons. The van der Waals surface area contributed by atoms with E-state index in [0.29, 0.717) is 24.8 Å². The molecule has 0 aromatic heterocycles. The number of rotatable bonds is 8. The maximum atomic E-state index is 13.5. The lowest BCUT2D eigenvalue weighted by atomic mass is 9.88. The minimum Gasteiger partial charge on any atom is -0.493 e. The van der Waals surface area contributed by atoms with Crippen molar-refractivity contribution in [1.29, 1.82) is 5.41 Å². The molecule has 5 nitrogen and oxygen atoms in total. The van der Waals surface area contributed by atoms with E-state index in [0.717, 1.165) is 36.6 Å². The fourth-order valence-electron chi connectivity index (χ4n) is 3.67. The summed E-state index contributed by atoms with van der Waals surface area (Å²) in [6.45, 7) is 2.63. The number of halogens is 1. The van der Waals surface area contributed by atoms with Crippen LogP contribution in [0.1, 0.15) is 44.1 Å². The molecule has 0 aliphatic carbocycles. The Balaban J connectivity index is 1.75. The normalized spacial score (nSPS) is 17.3. The quantitative estimate of drug-likeness (QED) is 0.616. The summed E-state index contributed by atoms with van der Waals surface area (Å²) in [7, 11) is 0.213. The minimum atomic E-state index is -3.82. The Morgan fingerprint density at radius 1 is 1.23 bits per heavy atom. The van der Waals surface area contributed by atoms with Crippen molar-refractivity contribution in [2.24, 2.45) is 0 Å². The number of hydrogen-bond acceptors (Lipinski definition) is 5. The summed E-state index contributed by atoms with van der Waals surface area (Å²) in [5, 5.41) is 8.28. The Labute approximate surface area is 178 Å². The molecular weight excluding hydrogens is 403 g/mol. The van der Waals surface area contributed by atoms with Crippen LogP contribution in [0.2, 0.25) is 0 Å². The highest BCUT2D eigenvalue weighted by Gasteiger charge is 2.26. The number of hydrogen-bond donors (Lipinski definition) is 1. The SMILES string of the molecule is CC(CC(=N)CCC1CCOc2cc(S(=O)(=O)c3cccc(F)c3)ccc21)N(C)C. The zero-order valence-corrected chi connectivity index (χ0v) is 18.5. The fourth-order valence-corrected chi connectivity index (χ4v) is 4.98. The van der Waals surface area contributed by atoms with E-state index in [1.807, 2.05) is 14.1 Å². The van der Waals surface area contributed by atoms with Crippen molar-refractivity contribution in [1.82, 2.24) is 4.90 Å². The molecule has 2 atom stereocenters. The summed E-state index contributed by atoms with van der Waals surface area (Å²) < 4.78 is 45.0. The molecule has 1 aliphatic heterocycles. The van der Waals surface area contributed by atoms with Crippen LogP contribution in [0, 0.1) is 11.2 Å². The lowest BCUT2D eigenvalue weighted by Crippen LogP contribution is -2.27. The third-order valence-corrected chi connectivity index (χ3v) is 7.53. The van der Waals surface area contributed by atoms with E-state index in [-0.39, 0.29) is 15.7 Å². The monoisotopic (exact) mass is 432 g/mol. The molecule has 0 fully saturated rings. The van der Waals surface area contributed by atoms with Gasteiger partial charge in [0.2, 0.25) is 9.84 Å². The smallest absolute Gasteiger partial charge is 0.206 e. The number of ether oxygens (including phenoxy) is 1. The Kier molecular flexibility index (Phi) is 6.93. The molecule has 2 aromatic rings. The number of nitrogens with zero attached hydrogens (tertiary/aromatic N) is 1. The van der Waals surface area contributed by atoms with Crippen LogP contribution < -0.4 is 4.74 Å². The van der Waals surface area contributed by atoms with Crippen LogP contribution in [-0.4, -0.2) is 45.8 Å². The van der Waals surface area contributed by atoms with E-state index < -0.39 is 15.7 Å². The second-order valence-electron chi connectivity index (χ2n) is 8.15. The molecule has 2 unspecified atom stereocenters. The summed E-state index contributed by atoms with van der Waals surface area (Å²) >= 11 is 0. The number of sulfone groups is 1. The lowest BCUT2D eigenvalue weighted by Gasteiger charge is -2.27. The van der Waals surface area contributed by atoms with Crippen LogP contribution in [0.5, 0.6) is 5.75 Å². The number of nitrogens with one attached hydrogen (secondary N) is 1. The molecule has 30 heavy (non-hydrogen) atoms. The van der Waals surface area contributed by atoms with Gasteiger partial charge >= 0.3 is 0 Å². The van der Waals surface area contributed by atoms with Gasteiger partial charge < -0.3 is 15.0 Å². The number of fused-ring (bicyclic) bond motifs is 1. The van der Waals surface area contributed by atoms with Crippen LogP contribution in [0.25, 0.3) is 0 Å². The topological polar surface area (TPSA) is 70.5 Å². The zero-order chi connectivity index (χ0) is 21.9. The highest BCUT2D eigenvalue weighted by Crippen LogP contribution is 2.38. The summed E-state index contributed by atoms with van der Waals surface area (Å²) in [6.07, 6.45) is 3.14. The maximum Gasteiger partial charge on any atom is 0.206 e. The van der Waals surface area contributed by atoms with E-state index in [2.05, 4.69) is 11.8 Å². The first-order valence-corrected chi connectivity index (χ1v) is 11.7. The van der Waals surface area contributed by atoms with Gasteiger partial charge in [-0.15, -0.1) is 0 Å². The summed E-state index contributed by atoms with van der Waals surface area (Å²) in [4.78, 5) is 2.14. The van der Waals surface area contributed by atoms with Crippen molar-refractivity contribution in [3.05, 3.63) is 53.8 Å². The molecule has 0 bridgehead atoms. The van der Waals surface area contributed by atoms with Gasteiger partial charge in [-0.3, -0.25) is 0 Å². The van der Waals surface area contributed by atoms with Crippen molar-refractivity contribution < 1.29 is 17.5 Å². The molecule has 3 rings (SSSR count). The molecule has 7 heteroatoms. The highest BCUT2D eigenvalue weighted by atomic mass is 32.2. The Morgan fingerprint density at radius 3 is 2.67 bits per heavy atom. The van der Waals surface area contributed by atoms with Gasteiger partial charge in [-0.25, -0.2) is 12.8 Å². The summed E-state index contributed by atoms with van der Waals surface area (Å²) in [5.41, 5.74) is 1.71. The average molecular weight is 433 g/mol. The Bertz CT molecular complexity index is 1020. The average Bonchev–Trinajstić information content (AvgIpc) is 2.71. The van der Waals surface area contributed by atoms with Crippen LogP contribution in [-0.2, 0) is 9.84 Å². The van der Waals surface area contributed by atoms with E-state index in [1.54, 1.807) is 18.2 Å². The molecule has 1 heterocycles. The van der Waals surface area contributed by atoms with Gasteiger partial charge in [0.05, 0.1) is 16.4 Å². The molecule has 1 N–H and O–H groups in total. The molecule has 0 amide bonds. The van der Waals surface area contributed by atoms with Crippen molar-refractivity contribution >= 4 is 15.5 Å². The standard InChI is InChI=1S/C23H29FN2O3S/c1-16(26(2)3)13-19(25)8-7-17-11-12-29-23-15-21(9-10-22(17)23)30(27,28)20-6-4-5-18(24)14-20/h4-6,9-10,14-17,25H,7-8,11-13H2,1-3H3. The van der Waals surface area contributed by atoms with Gasteiger partial charge in [0.1, 0.15) is 11.6 Å². The van der Waals surface area contributed by atoms with E-state index in [4.69, 9.17) is 10.1 Å². The van der Waals surface area contributed by atoms with Crippen LogP contribution in [0.15, 0.2) is 52.3 Å². The zero-order valence-electron chi connectivity index (χ0n) is 17.7. The third kappa shape index (κ3) is 5.08.